The Kier molecular flexibility index (Phi) is 4.70. The smallest absolute Gasteiger partial charge is 0.343 e. The highest BCUT2D eigenvalue weighted by Gasteiger charge is 2.09. The van der Waals surface area contributed by atoms with Crippen LogP contribution in [0.5, 0.6) is 5.75 Å². The SMILES string of the molecule is O=C(O)c1ccc(OC(=O)c2ccc(SS)cc2)cc1. The van der Waals surface area contributed by atoms with E-state index in [1.165, 1.54) is 35.1 Å². The molecule has 0 unspecified atom stereocenters. The van der Waals surface area contributed by atoms with Gasteiger partial charge in [-0.2, -0.15) is 0 Å². The van der Waals surface area contributed by atoms with Crippen molar-refractivity contribution in [1.82, 2.24) is 0 Å². The third kappa shape index (κ3) is 3.55. The molecule has 2 aromatic rings. The lowest BCUT2D eigenvalue weighted by Gasteiger charge is -2.05. The molecule has 0 fully saturated rings. The van der Waals surface area contributed by atoms with Crippen LogP contribution in [-0.4, -0.2) is 17.0 Å². The molecule has 0 aromatic heterocycles. The Morgan fingerprint density at radius 2 is 1.50 bits per heavy atom. The third-order valence-electron chi connectivity index (χ3n) is 2.51. The summed E-state index contributed by atoms with van der Waals surface area (Å²) in [5.41, 5.74) is 0.554. The summed E-state index contributed by atoms with van der Waals surface area (Å²) in [4.78, 5) is 23.5. The number of carboxylic acids is 1. The van der Waals surface area contributed by atoms with Crippen LogP contribution in [0.2, 0.25) is 0 Å². The number of hydrogen-bond acceptors (Lipinski definition) is 5. The second-order valence-electron chi connectivity index (χ2n) is 3.83. The van der Waals surface area contributed by atoms with Crippen LogP contribution < -0.4 is 4.74 Å². The molecule has 0 aliphatic heterocycles. The van der Waals surface area contributed by atoms with E-state index in [2.05, 4.69) is 11.7 Å². The Labute approximate surface area is 124 Å². The van der Waals surface area contributed by atoms with Crippen molar-refractivity contribution in [3.63, 3.8) is 0 Å². The van der Waals surface area contributed by atoms with Crippen LogP contribution in [0, 0.1) is 0 Å². The van der Waals surface area contributed by atoms with Crippen molar-refractivity contribution in [2.45, 2.75) is 4.90 Å². The van der Waals surface area contributed by atoms with E-state index in [1.54, 1.807) is 24.3 Å². The second kappa shape index (κ2) is 6.49. The van der Waals surface area contributed by atoms with Gasteiger partial charge in [0.2, 0.25) is 0 Å². The highest BCUT2D eigenvalue weighted by atomic mass is 33.1. The predicted octanol–water partition coefficient (Wildman–Crippen LogP) is 3.54. The van der Waals surface area contributed by atoms with E-state index in [0.29, 0.717) is 11.3 Å². The van der Waals surface area contributed by atoms with Gasteiger partial charge >= 0.3 is 11.9 Å². The standard InChI is InChI=1S/C14H10O4S2/c15-13(16)9-1-5-11(6-2-9)18-14(17)10-3-7-12(20-19)8-4-10/h1-8,19H,(H,15,16). The van der Waals surface area contributed by atoms with E-state index in [1.807, 2.05) is 0 Å². The summed E-state index contributed by atoms with van der Waals surface area (Å²) < 4.78 is 5.15. The highest BCUT2D eigenvalue weighted by Crippen LogP contribution is 2.22. The molecule has 20 heavy (non-hydrogen) atoms. The molecule has 2 aromatic carbocycles. The van der Waals surface area contributed by atoms with Gasteiger partial charge in [0.25, 0.3) is 0 Å². The number of carbonyl (C=O) groups excluding carboxylic acids is 1. The first-order valence-corrected chi connectivity index (χ1v) is 7.44. The molecule has 0 aliphatic rings. The van der Waals surface area contributed by atoms with Crippen LogP contribution in [0.1, 0.15) is 20.7 Å². The first-order valence-electron chi connectivity index (χ1n) is 5.57. The van der Waals surface area contributed by atoms with E-state index in [4.69, 9.17) is 9.84 Å². The van der Waals surface area contributed by atoms with Gasteiger partial charge in [0.1, 0.15) is 5.75 Å². The Bertz CT molecular complexity index is 621. The number of rotatable bonds is 4. The Hall–Kier alpha value is -1.92. The third-order valence-corrected chi connectivity index (χ3v) is 3.62. The fourth-order valence-electron chi connectivity index (χ4n) is 1.48. The van der Waals surface area contributed by atoms with E-state index in [9.17, 15) is 9.59 Å². The van der Waals surface area contributed by atoms with E-state index >= 15 is 0 Å². The molecule has 0 aliphatic carbocycles. The number of esters is 1. The highest BCUT2D eigenvalue weighted by molar-refractivity contribution is 8.68. The molecule has 6 heteroatoms. The predicted molar refractivity (Wildman–Crippen MR) is 79.6 cm³/mol. The summed E-state index contributed by atoms with van der Waals surface area (Å²) in [6, 6.07) is 12.5. The van der Waals surface area contributed by atoms with Crippen molar-refractivity contribution >= 4 is 34.4 Å². The monoisotopic (exact) mass is 306 g/mol. The Morgan fingerprint density at radius 1 is 0.950 bits per heavy atom. The molecule has 2 rings (SSSR count). The van der Waals surface area contributed by atoms with Crippen LogP contribution in [0.4, 0.5) is 0 Å². The van der Waals surface area contributed by atoms with Crippen LogP contribution in [0.15, 0.2) is 53.4 Å². The lowest BCUT2D eigenvalue weighted by molar-refractivity contribution is 0.0696. The summed E-state index contributed by atoms with van der Waals surface area (Å²) in [5, 5.41) is 8.77. The van der Waals surface area contributed by atoms with Crippen molar-refractivity contribution in [3.05, 3.63) is 59.7 Å². The fraction of sp³-hybridized carbons (Fsp3) is 0. The maximum absolute atomic E-state index is 11.9. The molecule has 0 radical (unpaired) electrons. The molecular weight excluding hydrogens is 296 g/mol. The quantitative estimate of drug-likeness (QED) is 0.391. The normalized spacial score (nSPS) is 10.1. The number of aromatic carboxylic acids is 1. The van der Waals surface area contributed by atoms with Gasteiger partial charge < -0.3 is 9.84 Å². The number of ether oxygens (including phenoxy) is 1. The van der Waals surface area contributed by atoms with Crippen LogP contribution in [0.25, 0.3) is 0 Å². The topological polar surface area (TPSA) is 63.6 Å². The Balaban J connectivity index is 2.08. The van der Waals surface area contributed by atoms with Gasteiger partial charge in [-0.1, -0.05) is 10.8 Å². The molecule has 0 saturated carbocycles. The van der Waals surface area contributed by atoms with E-state index in [0.717, 1.165) is 4.90 Å². The zero-order valence-electron chi connectivity index (χ0n) is 10.1. The lowest BCUT2D eigenvalue weighted by atomic mass is 10.2. The minimum absolute atomic E-state index is 0.139. The number of thiol groups is 1. The summed E-state index contributed by atoms with van der Waals surface area (Å²) in [5.74, 6) is -1.22. The first-order chi connectivity index (χ1) is 9.60. The number of hydrogen-bond donors (Lipinski definition) is 2. The van der Waals surface area contributed by atoms with Crippen LogP contribution in [0.3, 0.4) is 0 Å². The maximum Gasteiger partial charge on any atom is 0.343 e. The Morgan fingerprint density at radius 3 is 2.00 bits per heavy atom. The van der Waals surface area contributed by atoms with Crippen LogP contribution >= 0.6 is 22.5 Å². The molecular formula is C14H10O4S2. The number of carbonyl (C=O) groups is 2. The van der Waals surface area contributed by atoms with Crippen molar-refractivity contribution < 1.29 is 19.4 Å². The maximum atomic E-state index is 11.9. The van der Waals surface area contributed by atoms with Crippen molar-refractivity contribution in [3.8, 4) is 5.75 Å². The van der Waals surface area contributed by atoms with Gasteiger partial charge in [-0.3, -0.25) is 0 Å². The lowest BCUT2D eigenvalue weighted by Crippen LogP contribution is -2.08. The van der Waals surface area contributed by atoms with Gasteiger partial charge in [0, 0.05) is 4.90 Å². The minimum atomic E-state index is -1.03. The zero-order chi connectivity index (χ0) is 14.5. The van der Waals surface area contributed by atoms with Gasteiger partial charge in [-0.25, -0.2) is 9.59 Å². The van der Waals surface area contributed by atoms with Gasteiger partial charge in [-0.15, -0.1) is 11.7 Å². The van der Waals surface area contributed by atoms with Crippen LogP contribution in [-0.2, 0) is 0 Å². The zero-order valence-corrected chi connectivity index (χ0v) is 11.9. The van der Waals surface area contributed by atoms with Crippen molar-refractivity contribution in [2.24, 2.45) is 0 Å². The molecule has 4 nitrogen and oxygen atoms in total. The largest absolute Gasteiger partial charge is 0.478 e. The first kappa shape index (κ1) is 14.5. The van der Waals surface area contributed by atoms with Gasteiger partial charge in [-0.05, 0) is 48.5 Å². The molecule has 1 N–H and O–H groups in total. The molecule has 102 valence electrons. The summed E-state index contributed by atoms with van der Waals surface area (Å²) >= 11 is 4.05. The van der Waals surface area contributed by atoms with Gasteiger partial charge in [0.05, 0.1) is 11.1 Å². The molecule has 0 bridgehead atoms. The number of carboxylic acid groups (broad SMARTS) is 1. The average molecular weight is 306 g/mol. The summed E-state index contributed by atoms with van der Waals surface area (Å²) in [7, 11) is 1.28. The van der Waals surface area contributed by atoms with E-state index in [-0.39, 0.29) is 5.56 Å². The van der Waals surface area contributed by atoms with Crippen molar-refractivity contribution in [1.29, 1.82) is 0 Å². The molecule has 0 amide bonds. The average Bonchev–Trinajstić information content (AvgIpc) is 2.48. The van der Waals surface area contributed by atoms with E-state index < -0.39 is 11.9 Å². The molecule has 0 heterocycles. The van der Waals surface area contributed by atoms with Gasteiger partial charge in [0.15, 0.2) is 0 Å². The molecule has 0 atom stereocenters. The molecule has 0 saturated heterocycles. The summed E-state index contributed by atoms with van der Waals surface area (Å²) in [6.07, 6.45) is 0. The second-order valence-corrected chi connectivity index (χ2v) is 5.04. The fourth-order valence-corrected chi connectivity index (χ4v) is 2.11. The number of benzene rings is 2. The van der Waals surface area contributed by atoms with Crippen molar-refractivity contribution in [2.75, 3.05) is 0 Å². The molecule has 0 spiro atoms. The minimum Gasteiger partial charge on any atom is -0.478 e. The summed E-state index contributed by atoms with van der Waals surface area (Å²) in [6.45, 7) is 0.